The third-order valence-corrected chi connectivity index (χ3v) is 9.50. The molecule has 3 heteroatoms. The molecular weight excluding hydrogens is 339 g/mol. The normalized spacial score (nSPS) is 39.5. The van der Waals surface area contributed by atoms with Crippen LogP contribution >= 0.6 is 0 Å². The van der Waals surface area contributed by atoms with Crippen LogP contribution in [-0.4, -0.2) is 32.8 Å². The Balaban J connectivity index is 1.70. The Morgan fingerprint density at radius 3 is 3.00 bits per heavy atom. The number of rotatable bonds is 2. The summed E-state index contributed by atoms with van der Waals surface area (Å²) in [6, 6.07) is 6.61. The number of methoxy groups -OCH3 is 1. The number of hydrogen-bond donors (Lipinski definition) is 1. The number of benzene rings is 1. The van der Waals surface area contributed by atoms with E-state index in [0.717, 1.165) is 23.9 Å². The van der Waals surface area contributed by atoms with Gasteiger partial charge < -0.3 is 0 Å². The second-order valence-electron chi connectivity index (χ2n) is 7.02. The Kier molecular flexibility index (Phi) is 3.64. The summed E-state index contributed by atoms with van der Waals surface area (Å²) < 4.78 is 5.45. The molecule has 1 aromatic carbocycles. The van der Waals surface area contributed by atoms with Crippen molar-refractivity contribution in [2.45, 2.75) is 41.4 Å². The summed E-state index contributed by atoms with van der Waals surface area (Å²) in [7, 11) is 1.75. The van der Waals surface area contributed by atoms with Crippen LogP contribution in [0.3, 0.4) is 0 Å². The van der Waals surface area contributed by atoms with Gasteiger partial charge in [-0.1, -0.05) is 0 Å². The van der Waals surface area contributed by atoms with E-state index >= 15 is 0 Å². The first-order chi connectivity index (χ1) is 10.7. The topological polar surface area (TPSA) is 29.5 Å². The zero-order chi connectivity index (χ0) is 15.3. The molecule has 4 rings (SSSR count). The molecule has 2 nitrogen and oxygen atoms in total. The van der Waals surface area contributed by atoms with E-state index in [1.54, 1.807) is 7.11 Å². The van der Waals surface area contributed by atoms with Gasteiger partial charge in [-0.05, 0) is 0 Å². The van der Waals surface area contributed by atoms with E-state index in [9.17, 15) is 5.11 Å². The summed E-state index contributed by atoms with van der Waals surface area (Å²) >= 11 is 0.461. The van der Waals surface area contributed by atoms with Crippen LogP contribution in [0.5, 0.6) is 5.75 Å². The Morgan fingerprint density at radius 1 is 1.36 bits per heavy atom. The van der Waals surface area contributed by atoms with E-state index in [1.807, 2.05) is 6.08 Å². The minimum atomic E-state index is -0.459. The van der Waals surface area contributed by atoms with Crippen LogP contribution in [0.4, 0.5) is 0 Å². The third-order valence-electron chi connectivity index (χ3n) is 6.16. The van der Waals surface area contributed by atoms with Crippen LogP contribution in [0, 0.1) is 17.8 Å². The van der Waals surface area contributed by atoms with Crippen molar-refractivity contribution in [1.82, 2.24) is 0 Å². The fraction of sp³-hybridized carbons (Fsp3) is 0.579. The van der Waals surface area contributed by atoms with Gasteiger partial charge in [0, 0.05) is 0 Å². The first-order valence-corrected chi connectivity index (χ1v) is 10.5. The number of aliphatic hydroxyl groups is 1. The number of fused-ring (bicyclic) bond motifs is 5. The molecule has 1 saturated heterocycles. The van der Waals surface area contributed by atoms with Crippen LogP contribution < -0.4 is 4.74 Å². The van der Waals surface area contributed by atoms with Gasteiger partial charge in [0.25, 0.3) is 0 Å². The van der Waals surface area contributed by atoms with Crippen molar-refractivity contribution in [2.24, 2.45) is 17.8 Å². The molecule has 3 aliphatic rings. The van der Waals surface area contributed by atoms with E-state index in [-0.39, 0.29) is 0 Å². The first-order valence-electron chi connectivity index (χ1n) is 8.30. The molecule has 2 aliphatic carbocycles. The van der Waals surface area contributed by atoms with Crippen LogP contribution in [0.15, 0.2) is 30.9 Å². The fourth-order valence-electron chi connectivity index (χ4n) is 5.00. The molecule has 0 aromatic heterocycles. The maximum absolute atomic E-state index is 11.3. The third kappa shape index (κ3) is 2.02. The van der Waals surface area contributed by atoms with E-state index < -0.39 is 5.60 Å². The quantitative estimate of drug-likeness (QED) is 0.645. The van der Waals surface area contributed by atoms with Crippen LogP contribution in [0.2, 0.25) is 5.32 Å². The second kappa shape index (κ2) is 5.40. The number of ether oxygens (including phenoxy) is 1. The van der Waals surface area contributed by atoms with Crippen molar-refractivity contribution in [3.8, 4) is 5.75 Å². The van der Waals surface area contributed by atoms with Gasteiger partial charge in [-0.2, -0.15) is 0 Å². The van der Waals surface area contributed by atoms with Crippen molar-refractivity contribution in [3.05, 3.63) is 42.0 Å². The standard InChI is InChI=1S/C19H24O2Se/c1-3-13-6-9-17-15-8-5-12-4-7-14(21-2)10-16(12)18(15)22-11-19(13,17)20/h3-4,7,10,13,15,17-18,20H,1,5-6,8-9,11H2,2H3/t13-,15+,17+,18+,19+/m1/s1. The molecule has 2 fully saturated rings. The molecule has 0 bridgehead atoms. The van der Waals surface area contributed by atoms with Gasteiger partial charge in [0.05, 0.1) is 0 Å². The van der Waals surface area contributed by atoms with Crippen LogP contribution in [0.25, 0.3) is 0 Å². The van der Waals surface area contributed by atoms with Crippen molar-refractivity contribution in [1.29, 1.82) is 0 Å². The van der Waals surface area contributed by atoms with E-state index in [0.29, 0.717) is 37.5 Å². The summed E-state index contributed by atoms with van der Waals surface area (Å²) in [5.74, 6) is 2.41. The molecule has 0 radical (unpaired) electrons. The fourth-order valence-corrected chi connectivity index (χ4v) is 8.87. The Morgan fingerprint density at radius 2 is 2.23 bits per heavy atom. The monoisotopic (exact) mass is 364 g/mol. The molecule has 1 aliphatic heterocycles. The first kappa shape index (κ1) is 14.8. The zero-order valence-corrected chi connectivity index (χ0v) is 14.8. The summed E-state index contributed by atoms with van der Waals surface area (Å²) in [4.78, 5) is 0.667. The van der Waals surface area contributed by atoms with Gasteiger partial charge >= 0.3 is 139 Å². The predicted molar refractivity (Wildman–Crippen MR) is 89.5 cm³/mol. The minimum absolute atomic E-state index is 0.312. The summed E-state index contributed by atoms with van der Waals surface area (Å²) in [5.41, 5.74) is 2.56. The number of hydrogen-bond acceptors (Lipinski definition) is 2. The van der Waals surface area contributed by atoms with Crippen molar-refractivity contribution in [2.75, 3.05) is 7.11 Å². The second-order valence-corrected chi connectivity index (χ2v) is 9.39. The van der Waals surface area contributed by atoms with E-state index in [2.05, 4.69) is 24.8 Å². The van der Waals surface area contributed by atoms with E-state index in [4.69, 9.17) is 4.74 Å². The molecule has 1 saturated carbocycles. The predicted octanol–water partition coefficient (Wildman–Crippen LogP) is 3.38. The molecule has 1 N–H and O–H groups in total. The van der Waals surface area contributed by atoms with Gasteiger partial charge in [0.15, 0.2) is 0 Å². The molecule has 22 heavy (non-hydrogen) atoms. The molecule has 0 spiro atoms. The average Bonchev–Trinajstić information content (AvgIpc) is 2.90. The summed E-state index contributed by atoms with van der Waals surface area (Å²) in [6.07, 6.45) is 6.69. The average molecular weight is 363 g/mol. The molecule has 0 unspecified atom stereocenters. The van der Waals surface area contributed by atoms with Crippen LogP contribution in [-0.2, 0) is 6.42 Å². The maximum atomic E-state index is 11.3. The Hall–Kier alpha value is -0.761. The molecule has 1 heterocycles. The van der Waals surface area contributed by atoms with Crippen LogP contribution in [0.1, 0.15) is 35.2 Å². The van der Waals surface area contributed by atoms with Gasteiger partial charge in [0.2, 0.25) is 0 Å². The molecule has 5 atom stereocenters. The summed E-state index contributed by atoms with van der Waals surface area (Å²) in [5, 5.41) is 12.3. The molecule has 0 amide bonds. The van der Waals surface area contributed by atoms with Gasteiger partial charge in [-0.25, -0.2) is 0 Å². The number of aryl methyl sites for hydroxylation is 1. The SMILES string of the molecule is C=C[C@@H]1CC[C@H]2[C@@H]3CCc4ccc(OC)cc4[C@H]3[Se]C[C@]12O. The van der Waals surface area contributed by atoms with Gasteiger partial charge in [-0.15, -0.1) is 0 Å². The van der Waals surface area contributed by atoms with Crippen molar-refractivity contribution >= 4 is 15.0 Å². The Labute approximate surface area is 139 Å². The van der Waals surface area contributed by atoms with E-state index in [1.165, 1.54) is 24.0 Å². The van der Waals surface area contributed by atoms with Crippen molar-refractivity contribution < 1.29 is 9.84 Å². The zero-order valence-electron chi connectivity index (χ0n) is 13.1. The molecule has 118 valence electrons. The molecular formula is C19H24O2Se. The van der Waals surface area contributed by atoms with Gasteiger partial charge in [0.1, 0.15) is 0 Å². The summed E-state index contributed by atoms with van der Waals surface area (Å²) in [6.45, 7) is 3.97. The molecule has 1 aromatic rings. The van der Waals surface area contributed by atoms with Crippen molar-refractivity contribution in [3.63, 3.8) is 0 Å². The Bertz CT molecular complexity index is 599. The van der Waals surface area contributed by atoms with Gasteiger partial charge in [-0.3, -0.25) is 0 Å².